The van der Waals surface area contributed by atoms with Crippen molar-refractivity contribution in [1.82, 2.24) is 5.32 Å². The third-order valence-electron chi connectivity index (χ3n) is 2.15. The maximum absolute atomic E-state index is 11.4. The lowest BCUT2D eigenvalue weighted by atomic mass is 9.89. The van der Waals surface area contributed by atoms with Crippen LogP contribution in [-0.4, -0.2) is 23.7 Å². The van der Waals surface area contributed by atoms with Gasteiger partial charge in [-0.1, -0.05) is 20.8 Å². The Labute approximate surface area is 74.2 Å². The molecule has 0 aromatic carbocycles. The van der Waals surface area contributed by atoms with Crippen molar-refractivity contribution in [3.05, 3.63) is 0 Å². The first-order valence-electron chi connectivity index (χ1n) is 4.36. The van der Waals surface area contributed by atoms with E-state index in [2.05, 4.69) is 5.32 Å². The van der Waals surface area contributed by atoms with E-state index in [0.29, 0.717) is 0 Å². The Balaban J connectivity index is 4.03. The number of rotatable bonds is 4. The third-order valence-corrected chi connectivity index (χ3v) is 2.15. The van der Waals surface area contributed by atoms with E-state index < -0.39 is 0 Å². The standard InChI is InChI=1S/C9H19NO2/c1-5-9(3,4)8(12)10-7(2)6-11/h7,11H,5-6H2,1-4H3,(H,10,12)/t7-/m0/s1. The fourth-order valence-electron chi connectivity index (χ4n) is 0.625. The summed E-state index contributed by atoms with van der Waals surface area (Å²) >= 11 is 0. The zero-order chi connectivity index (χ0) is 9.78. The predicted octanol–water partition coefficient (Wildman–Crippen LogP) is 0.920. The smallest absolute Gasteiger partial charge is 0.225 e. The normalized spacial score (nSPS) is 14.1. The Morgan fingerprint density at radius 1 is 1.58 bits per heavy atom. The van der Waals surface area contributed by atoms with Gasteiger partial charge in [-0.15, -0.1) is 0 Å². The maximum atomic E-state index is 11.4. The summed E-state index contributed by atoms with van der Waals surface area (Å²) in [4.78, 5) is 11.4. The molecular formula is C9H19NO2. The molecule has 0 aliphatic rings. The number of hydrogen-bond acceptors (Lipinski definition) is 2. The van der Waals surface area contributed by atoms with Crippen LogP contribution >= 0.6 is 0 Å². The Morgan fingerprint density at radius 3 is 2.42 bits per heavy atom. The Bertz CT molecular complexity index is 155. The van der Waals surface area contributed by atoms with Crippen LogP contribution < -0.4 is 5.32 Å². The van der Waals surface area contributed by atoms with E-state index in [9.17, 15) is 4.79 Å². The second-order valence-electron chi connectivity index (χ2n) is 3.79. The number of amides is 1. The highest BCUT2D eigenvalue weighted by Gasteiger charge is 2.25. The second-order valence-corrected chi connectivity index (χ2v) is 3.79. The average Bonchev–Trinajstić information content (AvgIpc) is 2.04. The van der Waals surface area contributed by atoms with Gasteiger partial charge in [-0.3, -0.25) is 4.79 Å². The van der Waals surface area contributed by atoms with E-state index in [-0.39, 0.29) is 24.0 Å². The van der Waals surface area contributed by atoms with Crippen molar-refractivity contribution in [2.45, 2.75) is 40.2 Å². The van der Waals surface area contributed by atoms with Gasteiger partial charge in [0.1, 0.15) is 0 Å². The molecule has 0 rings (SSSR count). The summed E-state index contributed by atoms with van der Waals surface area (Å²) in [6.07, 6.45) is 0.803. The Morgan fingerprint density at radius 2 is 2.08 bits per heavy atom. The summed E-state index contributed by atoms with van der Waals surface area (Å²) in [5, 5.41) is 11.4. The number of carbonyl (C=O) groups is 1. The molecule has 0 aliphatic heterocycles. The zero-order valence-electron chi connectivity index (χ0n) is 8.35. The molecular weight excluding hydrogens is 154 g/mol. The van der Waals surface area contributed by atoms with Gasteiger partial charge >= 0.3 is 0 Å². The van der Waals surface area contributed by atoms with E-state index in [0.717, 1.165) is 6.42 Å². The first kappa shape index (κ1) is 11.4. The first-order chi connectivity index (χ1) is 5.44. The predicted molar refractivity (Wildman–Crippen MR) is 48.8 cm³/mol. The van der Waals surface area contributed by atoms with E-state index >= 15 is 0 Å². The van der Waals surface area contributed by atoms with Crippen LogP contribution in [0.2, 0.25) is 0 Å². The summed E-state index contributed by atoms with van der Waals surface area (Å²) < 4.78 is 0. The molecule has 0 fully saturated rings. The van der Waals surface area contributed by atoms with Crippen LogP contribution in [0.5, 0.6) is 0 Å². The van der Waals surface area contributed by atoms with Crippen LogP contribution in [0.15, 0.2) is 0 Å². The molecule has 2 N–H and O–H groups in total. The quantitative estimate of drug-likeness (QED) is 0.664. The number of nitrogens with one attached hydrogen (secondary N) is 1. The van der Waals surface area contributed by atoms with Crippen LogP contribution in [0, 0.1) is 5.41 Å². The fraction of sp³-hybridized carbons (Fsp3) is 0.889. The van der Waals surface area contributed by atoms with Crippen molar-refractivity contribution >= 4 is 5.91 Å². The molecule has 0 aromatic heterocycles. The van der Waals surface area contributed by atoms with Gasteiger partial charge < -0.3 is 10.4 Å². The van der Waals surface area contributed by atoms with E-state index in [4.69, 9.17) is 5.11 Å². The van der Waals surface area contributed by atoms with Crippen LogP contribution in [0.1, 0.15) is 34.1 Å². The molecule has 0 aliphatic carbocycles. The number of aliphatic hydroxyl groups excluding tert-OH is 1. The molecule has 0 bridgehead atoms. The van der Waals surface area contributed by atoms with Crippen molar-refractivity contribution in [2.24, 2.45) is 5.41 Å². The van der Waals surface area contributed by atoms with Gasteiger partial charge in [0, 0.05) is 11.5 Å². The minimum atomic E-state index is -0.330. The summed E-state index contributed by atoms with van der Waals surface area (Å²) in [5.41, 5.74) is -0.330. The molecule has 0 aromatic rings. The minimum Gasteiger partial charge on any atom is -0.394 e. The molecule has 0 radical (unpaired) electrons. The van der Waals surface area contributed by atoms with Crippen molar-refractivity contribution in [3.63, 3.8) is 0 Å². The molecule has 0 spiro atoms. The molecule has 12 heavy (non-hydrogen) atoms. The molecule has 3 nitrogen and oxygen atoms in total. The highest BCUT2D eigenvalue weighted by molar-refractivity contribution is 5.81. The number of hydrogen-bond donors (Lipinski definition) is 2. The Hall–Kier alpha value is -0.570. The molecule has 72 valence electrons. The highest BCUT2D eigenvalue weighted by Crippen LogP contribution is 2.19. The second kappa shape index (κ2) is 4.45. The van der Waals surface area contributed by atoms with Gasteiger partial charge in [0.25, 0.3) is 0 Å². The minimum absolute atomic E-state index is 0.00606. The van der Waals surface area contributed by atoms with E-state index in [1.807, 2.05) is 20.8 Å². The van der Waals surface area contributed by atoms with Crippen LogP contribution in [-0.2, 0) is 4.79 Å². The largest absolute Gasteiger partial charge is 0.394 e. The molecule has 0 saturated heterocycles. The molecule has 3 heteroatoms. The van der Waals surface area contributed by atoms with Crippen LogP contribution in [0.4, 0.5) is 0 Å². The highest BCUT2D eigenvalue weighted by atomic mass is 16.3. The topological polar surface area (TPSA) is 49.3 Å². The van der Waals surface area contributed by atoms with Crippen molar-refractivity contribution in [3.8, 4) is 0 Å². The molecule has 0 heterocycles. The van der Waals surface area contributed by atoms with E-state index in [1.165, 1.54) is 0 Å². The lowest BCUT2D eigenvalue weighted by molar-refractivity contribution is -0.130. The van der Waals surface area contributed by atoms with Gasteiger partial charge in [0.2, 0.25) is 5.91 Å². The first-order valence-corrected chi connectivity index (χ1v) is 4.36. The van der Waals surface area contributed by atoms with Crippen molar-refractivity contribution in [2.75, 3.05) is 6.61 Å². The van der Waals surface area contributed by atoms with Crippen LogP contribution in [0.25, 0.3) is 0 Å². The molecule has 0 unspecified atom stereocenters. The summed E-state index contributed by atoms with van der Waals surface area (Å²) in [5.74, 6) is 0.00606. The van der Waals surface area contributed by atoms with Gasteiger partial charge in [-0.25, -0.2) is 0 Å². The number of aliphatic hydroxyl groups is 1. The number of carbonyl (C=O) groups excluding carboxylic acids is 1. The van der Waals surface area contributed by atoms with E-state index in [1.54, 1.807) is 6.92 Å². The van der Waals surface area contributed by atoms with Gasteiger partial charge in [-0.05, 0) is 13.3 Å². The fourth-order valence-corrected chi connectivity index (χ4v) is 0.625. The summed E-state index contributed by atoms with van der Waals surface area (Å²) in [6, 6.07) is -0.150. The maximum Gasteiger partial charge on any atom is 0.225 e. The molecule has 1 amide bonds. The lowest BCUT2D eigenvalue weighted by Gasteiger charge is -2.23. The van der Waals surface area contributed by atoms with Gasteiger partial charge in [0.15, 0.2) is 0 Å². The molecule has 1 atom stereocenters. The summed E-state index contributed by atoms with van der Waals surface area (Å²) in [7, 11) is 0. The Kier molecular flexibility index (Phi) is 4.24. The lowest BCUT2D eigenvalue weighted by Crippen LogP contribution is -2.42. The SMILES string of the molecule is CCC(C)(C)C(=O)N[C@@H](C)CO. The average molecular weight is 173 g/mol. The van der Waals surface area contributed by atoms with Gasteiger partial charge in [0.05, 0.1) is 6.61 Å². The van der Waals surface area contributed by atoms with Gasteiger partial charge in [-0.2, -0.15) is 0 Å². The third kappa shape index (κ3) is 3.22. The molecule has 0 saturated carbocycles. The summed E-state index contributed by atoms with van der Waals surface area (Å²) in [6.45, 7) is 7.54. The monoisotopic (exact) mass is 173 g/mol. The van der Waals surface area contributed by atoms with Crippen molar-refractivity contribution in [1.29, 1.82) is 0 Å². The van der Waals surface area contributed by atoms with Crippen molar-refractivity contribution < 1.29 is 9.90 Å². The zero-order valence-corrected chi connectivity index (χ0v) is 8.35. The van der Waals surface area contributed by atoms with Crippen LogP contribution in [0.3, 0.4) is 0 Å².